The monoisotopic (exact) mass is 361 g/mol. The Labute approximate surface area is 141 Å². The standard InChI is InChI=1S/C15H11N3O4S2/c1-24(21,22)13-8-7-11(9-12(13)18(19)20)15-17-16-14(23-15)10-5-3-2-4-6-10/h2-9H,1H3. The van der Waals surface area contributed by atoms with Gasteiger partial charge >= 0.3 is 0 Å². The van der Waals surface area contributed by atoms with E-state index >= 15 is 0 Å². The fourth-order valence-electron chi connectivity index (χ4n) is 2.14. The summed E-state index contributed by atoms with van der Waals surface area (Å²) >= 11 is 1.28. The number of rotatable bonds is 4. The lowest BCUT2D eigenvalue weighted by Gasteiger charge is -2.02. The number of hydrogen-bond acceptors (Lipinski definition) is 7. The van der Waals surface area contributed by atoms with E-state index in [1.165, 1.54) is 29.5 Å². The van der Waals surface area contributed by atoms with Crippen LogP contribution >= 0.6 is 11.3 Å². The van der Waals surface area contributed by atoms with Gasteiger partial charge in [0, 0.05) is 23.4 Å². The van der Waals surface area contributed by atoms with E-state index in [1.807, 2.05) is 30.3 Å². The van der Waals surface area contributed by atoms with Crippen LogP contribution in [-0.2, 0) is 9.84 Å². The smallest absolute Gasteiger partial charge is 0.258 e. The summed E-state index contributed by atoms with van der Waals surface area (Å²) in [6, 6.07) is 13.4. The molecule has 0 unspecified atom stereocenters. The van der Waals surface area contributed by atoms with Crippen molar-refractivity contribution in [3.63, 3.8) is 0 Å². The molecule has 3 rings (SSSR count). The molecule has 0 saturated heterocycles. The number of nitro groups is 1. The molecule has 0 fully saturated rings. The van der Waals surface area contributed by atoms with Gasteiger partial charge in [0.2, 0.25) is 0 Å². The van der Waals surface area contributed by atoms with E-state index in [4.69, 9.17) is 0 Å². The normalized spacial score (nSPS) is 11.4. The summed E-state index contributed by atoms with van der Waals surface area (Å²) in [4.78, 5) is 10.2. The van der Waals surface area contributed by atoms with Gasteiger partial charge in [0.05, 0.1) is 4.92 Å². The molecule has 7 nitrogen and oxygen atoms in total. The van der Waals surface area contributed by atoms with Gasteiger partial charge < -0.3 is 0 Å². The Hall–Kier alpha value is -2.65. The minimum atomic E-state index is -3.69. The molecule has 0 aliphatic heterocycles. The molecule has 0 radical (unpaired) electrons. The van der Waals surface area contributed by atoms with Crippen LogP contribution in [0, 0.1) is 10.1 Å². The number of nitrogens with zero attached hydrogens (tertiary/aromatic N) is 3. The summed E-state index contributed by atoms with van der Waals surface area (Å²) in [5.74, 6) is 0. The number of sulfone groups is 1. The van der Waals surface area contributed by atoms with E-state index in [1.54, 1.807) is 0 Å². The summed E-state index contributed by atoms with van der Waals surface area (Å²) in [5, 5.41) is 20.5. The van der Waals surface area contributed by atoms with Crippen molar-refractivity contribution < 1.29 is 13.3 Å². The highest BCUT2D eigenvalue weighted by molar-refractivity contribution is 7.90. The SMILES string of the molecule is CS(=O)(=O)c1ccc(-c2nnc(-c3ccccc3)s2)cc1[N+](=O)[O-]. The van der Waals surface area contributed by atoms with Crippen molar-refractivity contribution in [2.24, 2.45) is 0 Å². The molecule has 122 valence electrons. The Morgan fingerprint density at radius 1 is 1.00 bits per heavy atom. The zero-order valence-corrected chi connectivity index (χ0v) is 14.0. The third-order valence-corrected chi connectivity index (χ3v) is 5.41. The Balaban J connectivity index is 2.07. The van der Waals surface area contributed by atoms with Gasteiger partial charge in [0.1, 0.15) is 14.9 Å². The molecule has 0 amide bonds. The second-order valence-electron chi connectivity index (χ2n) is 4.99. The molecular formula is C15H11N3O4S2. The molecule has 0 aliphatic carbocycles. The fourth-order valence-corrected chi connectivity index (χ4v) is 3.82. The Morgan fingerprint density at radius 3 is 2.21 bits per heavy atom. The zero-order chi connectivity index (χ0) is 17.3. The predicted molar refractivity (Wildman–Crippen MR) is 90.5 cm³/mol. The predicted octanol–water partition coefficient (Wildman–Crippen LogP) is 3.18. The van der Waals surface area contributed by atoms with Crippen molar-refractivity contribution in [1.29, 1.82) is 0 Å². The molecule has 24 heavy (non-hydrogen) atoms. The van der Waals surface area contributed by atoms with Gasteiger partial charge in [-0.05, 0) is 6.07 Å². The van der Waals surface area contributed by atoms with Gasteiger partial charge in [-0.15, -0.1) is 10.2 Å². The van der Waals surface area contributed by atoms with Gasteiger partial charge in [0.25, 0.3) is 5.69 Å². The highest BCUT2D eigenvalue weighted by Crippen LogP contribution is 2.33. The van der Waals surface area contributed by atoms with Gasteiger partial charge in [-0.2, -0.15) is 0 Å². The molecule has 1 heterocycles. The highest BCUT2D eigenvalue weighted by Gasteiger charge is 2.23. The molecule has 0 N–H and O–H groups in total. The third kappa shape index (κ3) is 3.17. The first-order valence-corrected chi connectivity index (χ1v) is 9.45. The van der Waals surface area contributed by atoms with Crippen LogP contribution in [-0.4, -0.2) is 29.8 Å². The number of aromatic nitrogens is 2. The van der Waals surface area contributed by atoms with Crippen molar-refractivity contribution in [2.75, 3.05) is 6.26 Å². The molecule has 0 spiro atoms. The summed E-state index contributed by atoms with van der Waals surface area (Å²) in [7, 11) is -3.69. The second kappa shape index (κ2) is 6.10. The highest BCUT2D eigenvalue weighted by atomic mass is 32.2. The topological polar surface area (TPSA) is 103 Å². The fraction of sp³-hybridized carbons (Fsp3) is 0.0667. The van der Waals surface area contributed by atoms with E-state index in [2.05, 4.69) is 10.2 Å². The van der Waals surface area contributed by atoms with E-state index < -0.39 is 20.4 Å². The minimum absolute atomic E-state index is 0.316. The van der Waals surface area contributed by atoms with Gasteiger partial charge in [0.15, 0.2) is 9.84 Å². The maximum absolute atomic E-state index is 11.7. The molecule has 0 atom stereocenters. The first kappa shape index (κ1) is 16.2. The van der Waals surface area contributed by atoms with Gasteiger partial charge in [-0.25, -0.2) is 8.42 Å². The molecule has 9 heteroatoms. The summed E-state index contributed by atoms with van der Waals surface area (Å²) in [5.41, 5.74) is 0.878. The largest absolute Gasteiger partial charge is 0.288 e. The minimum Gasteiger partial charge on any atom is -0.258 e. The molecule has 1 aromatic heterocycles. The van der Waals surface area contributed by atoms with Crippen molar-refractivity contribution in [1.82, 2.24) is 10.2 Å². The average molecular weight is 361 g/mol. The molecule has 0 aliphatic rings. The van der Waals surface area contributed by atoms with Crippen molar-refractivity contribution in [2.45, 2.75) is 4.90 Å². The lowest BCUT2D eigenvalue weighted by molar-refractivity contribution is -0.387. The number of nitro benzene ring substituents is 1. The van der Waals surface area contributed by atoms with E-state index in [0.29, 0.717) is 15.6 Å². The zero-order valence-electron chi connectivity index (χ0n) is 12.4. The van der Waals surface area contributed by atoms with E-state index in [9.17, 15) is 18.5 Å². The van der Waals surface area contributed by atoms with Crippen molar-refractivity contribution in [3.8, 4) is 21.1 Å². The Kier molecular flexibility index (Phi) is 4.12. The van der Waals surface area contributed by atoms with Crippen LogP contribution in [0.1, 0.15) is 0 Å². The van der Waals surface area contributed by atoms with Gasteiger partial charge in [-0.3, -0.25) is 10.1 Å². The van der Waals surface area contributed by atoms with Gasteiger partial charge in [-0.1, -0.05) is 47.7 Å². The number of hydrogen-bond donors (Lipinski definition) is 0. The third-order valence-electron chi connectivity index (χ3n) is 3.25. The molecular weight excluding hydrogens is 350 g/mol. The van der Waals surface area contributed by atoms with Crippen molar-refractivity contribution in [3.05, 3.63) is 58.6 Å². The molecule has 0 saturated carbocycles. The molecule has 2 aromatic carbocycles. The van der Waals surface area contributed by atoms with E-state index in [-0.39, 0.29) is 4.90 Å². The second-order valence-corrected chi connectivity index (χ2v) is 7.95. The van der Waals surface area contributed by atoms with Crippen LogP contribution in [0.2, 0.25) is 0 Å². The van der Waals surface area contributed by atoms with Crippen LogP contribution < -0.4 is 0 Å². The Morgan fingerprint density at radius 2 is 1.62 bits per heavy atom. The van der Waals surface area contributed by atoms with E-state index in [0.717, 1.165) is 11.8 Å². The lowest BCUT2D eigenvalue weighted by Crippen LogP contribution is -2.02. The van der Waals surface area contributed by atoms with Crippen LogP contribution in [0.3, 0.4) is 0 Å². The van der Waals surface area contributed by atoms with Crippen LogP contribution in [0.4, 0.5) is 5.69 Å². The lowest BCUT2D eigenvalue weighted by atomic mass is 10.2. The molecule has 3 aromatic rings. The van der Waals surface area contributed by atoms with Crippen LogP contribution in [0.25, 0.3) is 21.1 Å². The first-order chi connectivity index (χ1) is 11.4. The van der Waals surface area contributed by atoms with Crippen molar-refractivity contribution >= 4 is 26.9 Å². The number of benzene rings is 2. The Bertz CT molecular complexity index is 1010. The summed E-state index contributed by atoms with van der Waals surface area (Å²) in [6.07, 6.45) is 0.938. The summed E-state index contributed by atoms with van der Waals surface area (Å²) < 4.78 is 23.3. The quantitative estimate of drug-likeness (QED) is 0.522. The molecule has 0 bridgehead atoms. The average Bonchev–Trinajstić information content (AvgIpc) is 3.04. The first-order valence-electron chi connectivity index (χ1n) is 6.74. The maximum Gasteiger partial charge on any atom is 0.288 e. The van der Waals surface area contributed by atoms with Crippen LogP contribution in [0.15, 0.2) is 53.4 Å². The van der Waals surface area contributed by atoms with Crippen LogP contribution in [0.5, 0.6) is 0 Å². The maximum atomic E-state index is 11.7. The summed E-state index contributed by atoms with van der Waals surface area (Å²) in [6.45, 7) is 0.